The van der Waals surface area contributed by atoms with Gasteiger partial charge in [-0.1, -0.05) is 32.4 Å². The van der Waals surface area contributed by atoms with E-state index in [0.717, 1.165) is 0 Å². The quantitative estimate of drug-likeness (QED) is 0.549. The van der Waals surface area contributed by atoms with E-state index in [1.165, 1.54) is 25.7 Å². The second-order valence-electron chi connectivity index (χ2n) is 6.88. The Kier molecular flexibility index (Phi) is 1.55. The number of ether oxygens (including phenoxy) is 1. The molecule has 0 amide bonds. The summed E-state index contributed by atoms with van der Waals surface area (Å²) in [5.41, 5.74) is 0.855. The molecule has 1 heterocycles. The third-order valence-electron chi connectivity index (χ3n) is 5.40. The average Bonchev–Trinajstić information content (AvgIpc) is 2.21. The Morgan fingerprint density at radius 3 is 2.33 bits per heavy atom. The summed E-state index contributed by atoms with van der Waals surface area (Å²) < 4.78 is 6.38. The van der Waals surface area contributed by atoms with Crippen LogP contribution in [0.25, 0.3) is 0 Å². The minimum atomic E-state index is 0.0195. The van der Waals surface area contributed by atoms with E-state index >= 15 is 0 Å². The number of hydrogen-bond acceptors (Lipinski definition) is 1. The Morgan fingerprint density at radius 1 is 1.00 bits per heavy atom. The highest BCUT2D eigenvalue weighted by Crippen LogP contribution is 2.69. The van der Waals surface area contributed by atoms with Crippen molar-refractivity contribution in [1.29, 1.82) is 0 Å². The van der Waals surface area contributed by atoms with Crippen LogP contribution in [0.3, 0.4) is 0 Å². The molecule has 1 nitrogen and oxygen atoms in total. The van der Waals surface area contributed by atoms with Gasteiger partial charge in [-0.05, 0) is 38.5 Å². The molecule has 15 heavy (non-hydrogen) atoms. The molecule has 84 valence electrons. The zero-order chi connectivity index (χ0) is 10.9. The van der Waals surface area contributed by atoms with Crippen LogP contribution in [0.1, 0.15) is 53.4 Å². The molecule has 2 aliphatic carbocycles. The molecule has 3 unspecified atom stereocenters. The molecule has 0 aromatic heterocycles. The van der Waals surface area contributed by atoms with Crippen LogP contribution in [0.15, 0.2) is 12.2 Å². The maximum absolute atomic E-state index is 6.38. The summed E-state index contributed by atoms with van der Waals surface area (Å²) in [7, 11) is 0. The van der Waals surface area contributed by atoms with Crippen LogP contribution in [-0.2, 0) is 4.74 Å². The molecule has 1 saturated heterocycles. The molecule has 2 bridgehead atoms. The van der Waals surface area contributed by atoms with Crippen molar-refractivity contribution in [2.75, 3.05) is 0 Å². The highest BCUT2D eigenvalue weighted by atomic mass is 16.5. The van der Waals surface area contributed by atoms with Gasteiger partial charge in [0.2, 0.25) is 0 Å². The molecule has 0 aromatic carbocycles. The van der Waals surface area contributed by atoms with E-state index in [9.17, 15) is 0 Å². The molecule has 0 aromatic rings. The first-order valence-electron chi connectivity index (χ1n) is 6.23. The fourth-order valence-corrected chi connectivity index (χ4v) is 4.42. The Balaban J connectivity index is 2.13. The lowest BCUT2D eigenvalue weighted by molar-refractivity contribution is -0.124. The summed E-state index contributed by atoms with van der Waals surface area (Å²) in [6.07, 6.45) is 9.82. The van der Waals surface area contributed by atoms with Crippen LogP contribution >= 0.6 is 0 Å². The molecule has 0 N–H and O–H groups in total. The van der Waals surface area contributed by atoms with Gasteiger partial charge >= 0.3 is 0 Å². The Bertz CT molecular complexity index is 343. The zero-order valence-electron chi connectivity index (χ0n) is 10.4. The molecule has 1 saturated carbocycles. The van der Waals surface area contributed by atoms with E-state index in [2.05, 4.69) is 39.8 Å². The number of rotatable bonds is 0. The number of fused-ring (bicyclic) bond motifs is 1. The fourth-order valence-electron chi connectivity index (χ4n) is 4.42. The summed E-state index contributed by atoms with van der Waals surface area (Å²) in [5.74, 6) is 0. The van der Waals surface area contributed by atoms with Gasteiger partial charge in [-0.3, -0.25) is 0 Å². The van der Waals surface area contributed by atoms with Crippen LogP contribution in [0.5, 0.6) is 0 Å². The molecule has 3 aliphatic rings. The lowest BCUT2D eigenvalue weighted by Crippen LogP contribution is -2.55. The van der Waals surface area contributed by atoms with Crippen molar-refractivity contribution in [2.45, 2.75) is 64.6 Å². The first-order chi connectivity index (χ1) is 6.83. The van der Waals surface area contributed by atoms with Crippen LogP contribution < -0.4 is 0 Å². The minimum absolute atomic E-state index is 0.0195. The van der Waals surface area contributed by atoms with Crippen LogP contribution in [-0.4, -0.2) is 11.2 Å². The predicted molar refractivity (Wildman–Crippen MR) is 61.7 cm³/mol. The predicted octanol–water partition coefficient (Wildman–Crippen LogP) is 3.69. The van der Waals surface area contributed by atoms with Crippen molar-refractivity contribution in [2.24, 2.45) is 10.8 Å². The zero-order valence-corrected chi connectivity index (χ0v) is 10.4. The first kappa shape index (κ1) is 9.89. The maximum atomic E-state index is 6.38. The van der Waals surface area contributed by atoms with E-state index in [1.807, 2.05) is 0 Å². The summed E-state index contributed by atoms with van der Waals surface area (Å²) in [5, 5.41) is 0. The van der Waals surface area contributed by atoms with Gasteiger partial charge in [0.1, 0.15) is 0 Å². The van der Waals surface area contributed by atoms with Gasteiger partial charge in [-0.15, -0.1) is 0 Å². The lowest BCUT2D eigenvalue weighted by Gasteiger charge is -2.55. The first-order valence-corrected chi connectivity index (χ1v) is 6.23. The Hall–Kier alpha value is -0.300. The minimum Gasteiger partial charge on any atom is -0.364 e. The Labute approximate surface area is 92.9 Å². The van der Waals surface area contributed by atoms with Crippen LogP contribution in [0.4, 0.5) is 0 Å². The van der Waals surface area contributed by atoms with Gasteiger partial charge in [0.25, 0.3) is 0 Å². The molecule has 3 atom stereocenters. The average molecular weight is 206 g/mol. The highest BCUT2D eigenvalue weighted by molar-refractivity contribution is 5.36. The molecule has 0 radical (unpaired) electrons. The summed E-state index contributed by atoms with van der Waals surface area (Å²) in [4.78, 5) is 0. The second-order valence-corrected chi connectivity index (χ2v) is 6.88. The van der Waals surface area contributed by atoms with Crippen LogP contribution in [0.2, 0.25) is 0 Å². The van der Waals surface area contributed by atoms with Crippen molar-refractivity contribution >= 4 is 0 Å². The smallest absolute Gasteiger partial charge is 0.0938 e. The van der Waals surface area contributed by atoms with Crippen molar-refractivity contribution in [1.82, 2.24) is 0 Å². The molecule has 2 fully saturated rings. The topological polar surface area (TPSA) is 9.23 Å². The second kappa shape index (κ2) is 2.34. The number of hydrogen-bond donors (Lipinski definition) is 0. The van der Waals surface area contributed by atoms with E-state index in [1.54, 1.807) is 0 Å². The molecule has 3 rings (SSSR count). The maximum Gasteiger partial charge on any atom is 0.0938 e. The van der Waals surface area contributed by atoms with Gasteiger partial charge in [-0.25, -0.2) is 0 Å². The van der Waals surface area contributed by atoms with E-state index in [-0.39, 0.29) is 11.2 Å². The normalized spacial score (nSPS) is 55.7. The molecule has 1 heteroatoms. The third-order valence-corrected chi connectivity index (χ3v) is 5.40. The molecule has 1 spiro atoms. The van der Waals surface area contributed by atoms with Gasteiger partial charge in [-0.2, -0.15) is 0 Å². The van der Waals surface area contributed by atoms with Gasteiger partial charge < -0.3 is 4.74 Å². The standard InChI is InChI=1S/C14H22O/c1-11(2)6-5-7-12(3)10-14(11)9-8-13(14,4)15-12/h8-9H,5-7,10H2,1-4H3. The van der Waals surface area contributed by atoms with Crippen molar-refractivity contribution in [3.8, 4) is 0 Å². The summed E-state index contributed by atoms with van der Waals surface area (Å²) >= 11 is 0. The lowest BCUT2D eigenvalue weighted by atomic mass is 9.50. The van der Waals surface area contributed by atoms with Gasteiger partial charge in [0.15, 0.2) is 0 Å². The monoisotopic (exact) mass is 206 g/mol. The summed E-state index contributed by atoms with van der Waals surface area (Å²) in [6.45, 7) is 9.44. The molecular formula is C14H22O. The SMILES string of the molecule is CC12CCCC(C)(C)C3(C=CC3(C)O1)C2. The largest absolute Gasteiger partial charge is 0.364 e. The van der Waals surface area contributed by atoms with E-state index < -0.39 is 0 Å². The molecular weight excluding hydrogens is 184 g/mol. The molecule has 1 aliphatic heterocycles. The van der Waals surface area contributed by atoms with E-state index in [4.69, 9.17) is 4.74 Å². The van der Waals surface area contributed by atoms with E-state index in [0.29, 0.717) is 10.8 Å². The third kappa shape index (κ3) is 0.939. The fraction of sp³-hybridized carbons (Fsp3) is 0.857. The summed E-state index contributed by atoms with van der Waals surface area (Å²) in [6, 6.07) is 0. The van der Waals surface area contributed by atoms with Crippen molar-refractivity contribution in [3.05, 3.63) is 12.2 Å². The van der Waals surface area contributed by atoms with Gasteiger partial charge in [0.05, 0.1) is 11.2 Å². The van der Waals surface area contributed by atoms with Crippen molar-refractivity contribution in [3.63, 3.8) is 0 Å². The highest BCUT2D eigenvalue weighted by Gasteiger charge is 2.69. The van der Waals surface area contributed by atoms with Crippen molar-refractivity contribution < 1.29 is 4.74 Å². The van der Waals surface area contributed by atoms with Gasteiger partial charge in [0, 0.05) is 5.41 Å². The van der Waals surface area contributed by atoms with Crippen LogP contribution in [0, 0.1) is 10.8 Å². The Morgan fingerprint density at radius 2 is 1.73 bits per heavy atom.